The average molecular weight is 366 g/mol. The van der Waals surface area contributed by atoms with Crippen LogP contribution in [0.5, 0.6) is 0 Å². The van der Waals surface area contributed by atoms with E-state index in [-0.39, 0.29) is 24.2 Å². The number of aryl methyl sites for hydroxylation is 1. The van der Waals surface area contributed by atoms with E-state index in [4.69, 9.17) is 0 Å². The van der Waals surface area contributed by atoms with Gasteiger partial charge in [-0.15, -0.1) is 12.4 Å². The van der Waals surface area contributed by atoms with Gasteiger partial charge in [-0.2, -0.15) is 0 Å². The van der Waals surface area contributed by atoms with Gasteiger partial charge in [0.25, 0.3) is 11.8 Å². The second-order valence-electron chi connectivity index (χ2n) is 6.66. The maximum absolute atomic E-state index is 12.5. The number of halogens is 1. The highest BCUT2D eigenvalue weighted by Gasteiger charge is 2.40. The fourth-order valence-electron chi connectivity index (χ4n) is 3.33. The Morgan fingerprint density at radius 1 is 1.32 bits per heavy atom. The van der Waals surface area contributed by atoms with Crippen molar-refractivity contribution < 1.29 is 14.4 Å². The lowest BCUT2D eigenvalue weighted by molar-refractivity contribution is -0.124. The highest BCUT2D eigenvalue weighted by atomic mass is 35.5. The van der Waals surface area contributed by atoms with Crippen LogP contribution in [0.2, 0.25) is 0 Å². The number of fused-ring (bicyclic) bond motifs is 1. The summed E-state index contributed by atoms with van der Waals surface area (Å²) in [4.78, 5) is 38.5. The molecule has 7 heteroatoms. The summed E-state index contributed by atoms with van der Waals surface area (Å²) in [7, 11) is 0. The molecule has 2 heterocycles. The first-order chi connectivity index (χ1) is 11.5. The van der Waals surface area contributed by atoms with Gasteiger partial charge < -0.3 is 10.6 Å². The van der Waals surface area contributed by atoms with Crippen LogP contribution >= 0.6 is 12.4 Å². The highest BCUT2D eigenvalue weighted by molar-refractivity contribution is 6.22. The SMILES string of the molecule is Cc1ccc2c(c1)C(=O)N(C(C)C(=O)NCC1CCCNC1)C2=O.Cl. The van der Waals surface area contributed by atoms with Crippen molar-refractivity contribution in [2.45, 2.75) is 32.7 Å². The number of piperidine rings is 1. The quantitative estimate of drug-likeness (QED) is 0.793. The van der Waals surface area contributed by atoms with E-state index in [1.807, 2.05) is 6.92 Å². The summed E-state index contributed by atoms with van der Waals surface area (Å²) in [6.07, 6.45) is 2.18. The van der Waals surface area contributed by atoms with Crippen LogP contribution < -0.4 is 10.6 Å². The molecule has 1 saturated heterocycles. The van der Waals surface area contributed by atoms with Crippen LogP contribution in [-0.2, 0) is 4.79 Å². The minimum atomic E-state index is -0.811. The first-order valence-electron chi connectivity index (χ1n) is 8.46. The Morgan fingerprint density at radius 2 is 2.04 bits per heavy atom. The molecule has 0 saturated carbocycles. The molecule has 0 bridgehead atoms. The van der Waals surface area contributed by atoms with E-state index in [2.05, 4.69) is 10.6 Å². The number of hydrogen-bond acceptors (Lipinski definition) is 4. The monoisotopic (exact) mass is 365 g/mol. The van der Waals surface area contributed by atoms with Crippen molar-refractivity contribution in [3.05, 3.63) is 34.9 Å². The molecule has 2 aliphatic heterocycles. The normalized spacial score (nSPS) is 20.7. The van der Waals surface area contributed by atoms with Crippen LogP contribution in [0.3, 0.4) is 0 Å². The Labute approximate surface area is 153 Å². The van der Waals surface area contributed by atoms with E-state index in [1.165, 1.54) is 0 Å². The Bertz CT molecular complexity index is 686. The lowest BCUT2D eigenvalue weighted by Crippen LogP contribution is -2.49. The van der Waals surface area contributed by atoms with Crippen molar-refractivity contribution in [2.24, 2.45) is 5.92 Å². The van der Waals surface area contributed by atoms with Crippen LogP contribution in [0, 0.1) is 12.8 Å². The molecule has 0 aromatic heterocycles. The van der Waals surface area contributed by atoms with Gasteiger partial charge >= 0.3 is 0 Å². The van der Waals surface area contributed by atoms with Gasteiger partial charge in [-0.25, -0.2) is 0 Å². The van der Waals surface area contributed by atoms with Crippen molar-refractivity contribution in [3.8, 4) is 0 Å². The first-order valence-corrected chi connectivity index (χ1v) is 8.46. The number of hydrogen-bond donors (Lipinski definition) is 2. The number of nitrogens with one attached hydrogen (secondary N) is 2. The van der Waals surface area contributed by atoms with Crippen LogP contribution in [0.15, 0.2) is 18.2 Å². The summed E-state index contributed by atoms with van der Waals surface area (Å²) in [5, 5.41) is 6.19. The van der Waals surface area contributed by atoms with E-state index in [0.29, 0.717) is 23.6 Å². The number of carbonyl (C=O) groups excluding carboxylic acids is 3. The third kappa shape index (κ3) is 3.85. The minimum Gasteiger partial charge on any atom is -0.354 e. The number of nitrogens with zero attached hydrogens (tertiary/aromatic N) is 1. The summed E-state index contributed by atoms with van der Waals surface area (Å²) in [5.74, 6) is -0.663. The molecule has 0 spiro atoms. The zero-order valence-electron chi connectivity index (χ0n) is 14.5. The Kier molecular flexibility index (Phi) is 6.19. The molecule has 25 heavy (non-hydrogen) atoms. The van der Waals surface area contributed by atoms with Crippen molar-refractivity contribution >= 4 is 30.1 Å². The molecule has 0 radical (unpaired) electrons. The second-order valence-corrected chi connectivity index (χ2v) is 6.66. The molecule has 2 aliphatic rings. The summed E-state index contributed by atoms with van der Waals surface area (Å²) in [6, 6.07) is 4.35. The van der Waals surface area contributed by atoms with Gasteiger partial charge in [0.15, 0.2) is 0 Å². The van der Waals surface area contributed by atoms with Crippen LogP contribution in [-0.4, -0.2) is 48.3 Å². The number of imide groups is 1. The molecule has 2 N–H and O–H groups in total. The number of rotatable bonds is 4. The standard InChI is InChI=1S/C18H23N3O3.ClH/c1-11-5-6-14-15(8-11)18(24)21(17(14)23)12(2)16(22)20-10-13-4-3-7-19-9-13;/h5-6,8,12-13,19H,3-4,7,9-10H2,1-2H3,(H,20,22);1H. The Morgan fingerprint density at radius 3 is 2.72 bits per heavy atom. The van der Waals surface area contributed by atoms with E-state index >= 15 is 0 Å². The van der Waals surface area contributed by atoms with E-state index in [9.17, 15) is 14.4 Å². The van der Waals surface area contributed by atoms with Gasteiger partial charge in [-0.1, -0.05) is 11.6 Å². The topological polar surface area (TPSA) is 78.5 Å². The second kappa shape index (κ2) is 7.97. The Hall–Kier alpha value is -1.92. The predicted octanol–water partition coefficient (Wildman–Crippen LogP) is 1.52. The third-order valence-electron chi connectivity index (χ3n) is 4.80. The summed E-state index contributed by atoms with van der Waals surface area (Å²) >= 11 is 0. The molecule has 6 nitrogen and oxygen atoms in total. The van der Waals surface area contributed by atoms with Gasteiger partial charge in [-0.3, -0.25) is 19.3 Å². The molecular formula is C18H24ClN3O3. The molecule has 2 atom stereocenters. The molecule has 0 aliphatic carbocycles. The summed E-state index contributed by atoms with van der Waals surface area (Å²) < 4.78 is 0. The molecule has 1 aromatic carbocycles. The van der Waals surface area contributed by atoms with Crippen LogP contribution in [0.4, 0.5) is 0 Å². The number of carbonyl (C=O) groups is 3. The van der Waals surface area contributed by atoms with E-state index < -0.39 is 11.9 Å². The van der Waals surface area contributed by atoms with E-state index in [0.717, 1.165) is 36.4 Å². The summed E-state index contributed by atoms with van der Waals surface area (Å²) in [6.45, 7) is 5.95. The zero-order valence-corrected chi connectivity index (χ0v) is 15.3. The Balaban J connectivity index is 0.00000225. The summed E-state index contributed by atoms with van der Waals surface area (Å²) in [5.41, 5.74) is 1.68. The first kappa shape index (κ1) is 19.4. The molecule has 3 rings (SSSR count). The van der Waals surface area contributed by atoms with Gasteiger partial charge in [0.1, 0.15) is 6.04 Å². The number of benzene rings is 1. The molecule has 2 unspecified atom stereocenters. The van der Waals surface area contributed by atoms with E-state index in [1.54, 1.807) is 25.1 Å². The van der Waals surface area contributed by atoms with Crippen LogP contribution in [0.25, 0.3) is 0 Å². The molecule has 3 amide bonds. The van der Waals surface area contributed by atoms with Gasteiger partial charge in [0.05, 0.1) is 11.1 Å². The van der Waals surface area contributed by atoms with Crippen molar-refractivity contribution in [1.29, 1.82) is 0 Å². The molecule has 1 fully saturated rings. The van der Waals surface area contributed by atoms with Crippen molar-refractivity contribution in [1.82, 2.24) is 15.5 Å². The third-order valence-corrected chi connectivity index (χ3v) is 4.80. The van der Waals surface area contributed by atoms with Crippen molar-refractivity contribution in [3.63, 3.8) is 0 Å². The highest BCUT2D eigenvalue weighted by Crippen LogP contribution is 2.25. The lowest BCUT2D eigenvalue weighted by atomic mass is 10.00. The fourth-order valence-corrected chi connectivity index (χ4v) is 3.33. The largest absolute Gasteiger partial charge is 0.354 e. The molecular weight excluding hydrogens is 342 g/mol. The minimum absolute atomic E-state index is 0. The fraction of sp³-hybridized carbons (Fsp3) is 0.500. The van der Waals surface area contributed by atoms with Crippen molar-refractivity contribution in [2.75, 3.05) is 19.6 Å². The average Bonchev–Trinajstić information content (AvgIpc) is 2.83. The predicted molar refractivity (Wildman–Crippen MR) is 97.0 cm³/mol. The van der Waals surface area contributed by atoms with Gasteiger partial charge in [0, 0.05) is 6.54 Å². The smallest absolute Gasteiger partial charge is 0.262 e. The zero-order chi connectivity index (χ0) is 17.3. The maximum atomic E-state index is 12.5. The number of amides is 3. The molecule has 1 aromatic rings. The molecule has 136 valence electrons. The lowest BCUT2D eigenvalue weighted by Gasteiger charge is -2.25. The maximum Gasteiger partial charge on any atom is 0.262 e. The van der Waals surface area contributed by atoms with Crippen LogP contribution in [0.1, 0.15) is 46.0 Å². The van der Waals surface area contributed by atoms with Gasteiger partial charge in [0.2, 0.25) is 5.91 Å². The van der Waals surface area contributed by atoms with Gasteiger partial charge in [-0.05, 0) is 57.8 Å².